The van der Waals surface area contributed by atoms with Crippen LogP contribution >= 0.6 is 0 Å². The van der Waals surface area contributed by atoms with Gasteiger partial charge in [0.05, 0.1) is 6.54 Å². The Kier molecular flexibility index (Phi) is 8.20. The van der Waals surface area contributed by atoms with Crippen molar-refractivity contribution in [2.45, 2.75) is 40.8 Å². The topological polar surface area (TPSA) is 61.4 Å². The Labute approximate surface area is 168 Å². The van der Waals surface area contributed by atoms with Crippen molar-refractivity contribution in [3.05, 3.63) is 70.3 Å². The van der Waals surface area contributed by atoms with Gasteiger partial charge in [-0.1, -0.05) is 55.3 Å². The zero-order chi connectivity index (χ0) is 20.5. The van der Waals surface area contributed by atoms with Crippen LogP contribution in [0.4, 0.5) is 0 Å². The first-order chi connectivity index (χ1) is 13.4. The first-order valence-electron chi connectivity index (χ1n) is 9.85. The van der Waals surface area contributed by atoms with Gasteiger partial charge in [-0.3, -0.25) is 14.5 Å². The fourth-order valence-corrected chi connectivity index (χ4v) is 3.20. The van der Waals surface area contributed by atoms with Gasteiger partial charge in [-0.2, -0.15) is 0 Å². The highest BCUT2D eigenvalue weighted by molar-refractivity contribution is 5.96. The standard InChI is InChI=1S/C23H31N3O2/c1-5-26(6-2)16-20-10-8-7-9-19(20)14-24-22(27)15-25-23(28)21-12-17(3)11-18(4)13-21/h7-13H,5-6,14-16H2,1-4H3,(H,24,27)(H,25,28). The van der Waals surface area contributed by atoms with Crippen molar-refractivity contribution in [3.63, 3.8) is 0 Å². The molecular weight excluding hydrogens is 350 g/mol. The summed E-state index contributed by atoms with van der Waals surface area (Å²) < 4.78 is 0. The lowest BCUT2D eigenvalue weighted by Crippen LogP contribution is -2.36. The summed E-state index contributed by atoms with van der Waals surface area (Å²) in [5.41, 5.74) is 4.95. The van der Waals surface area contributed by atoms with E-state index in [1.165, 1.54) is 5.56 Å². The molecule has 5 nitrogen and oxygen atoms in total. The number of nitrogens with zero attached hydrogens (tertiary/aromatic N) is 1. The second-order valence-corrected chi connectivity index (χ2v) is 7.07. The summed E-state index contributed by atoms with van der Waals surface area (Å²) in [5, 5.41) is 5.60. The summed E-state index contributed by atoms with van der Waals surface area (Å²) in [4.78, 5) is 26.8. The third kappa shape index (κ3) is 6.50. The minimum absolute atomic E-state index is 0.0377. The van der Waals surface area contributed by atoms with E-state index < -0.39 is 0 Å². The molecule has 0 saturated carbocycles. The minimum Gasteiger partial charge on any atom is -0.350 e. The summed E-state index contributed by atoms with van der Waals surface area (Å²) in [6.07, 6.45) is 0. The Balaban J connectivity index is 1.88. The maximum absolute atomic E-state index is 12.3. The molecule has 2 aromatic carbocycles. The van der Waals surface area contributed by atoms with Crippen molar-refractivity contribution in [3.8, 4) is 0 Å². The molecule has 5 heteroatoms. The van der Waals surface area contributed by atoms with Crippen LogP contribution in [-0.2, 0) is 17.9 Å². The quantitative estimate of drug-likeness (QED) is 0.701. The lowest BCUT2D eigenvalue weighted by Gasteiger charge is -2.20. The molecule has 0 bridgehead atoms. The minimum atomic E-state index is -0.233. The summed E-state index contributed by atoms with van der Waals surface area (Å²) in [7, 11) is 0. The van der Waals surface area contributed by atoms with Crippen LogP contribution in [0.25, 0.3) is 0 Å². The number of benzene rings is 2. The summed E-state index contributed by atoms with van der Waals surface area (Å²) in [6, 6.07) is 13.8. The Morgan fingerprint density at radius 2 is 1.50 bits per heavy atom. The number of aryl methyl sites for hydroxylation is 2. The zero-order valence-corrected chi connectivity index (χ0v) is 17.3. The maximum Gasteiger partial charge on any atom is 0.251 e. The van der Waals surface area contributed by atoms with Crippen LogP contribution in [0.1, 0.15) is 46.5 Å². The van der Waals surface area contributed by atoms with Crippen LogP contribution in [0, 0.1) is 13.8 Å². The largest absolute Gasteiger partial charge is 0.350 e. The number of amides is 2. The third-order valence-corrected chi connectivity index (χ3v) is 4.78. The maximum atomic E-state index is 12.3. The van der Waals surface area contributed by atoms with E-state index in [9.17, 15) is 9.59 Å². The molecule has 150 valence electrons. The number of carbonyl (C=O) groups excluding carboxylic acids is 2. The second-order valence-electron chi connectivity index (χ2n) is 7.07. The molecular formula is C23H31N3O2. The summed E-state index contributed by atoms with van der Waals surface area (Å²) in [5.74, 6) is -0.431. The average Bonchev–Trinajstić information content (AvgIpc) is 2.68. The summed E-state index contributed by atoms with van der Waals surface area (Å²) in [6.45, 7) is 11.4. The van der Waals surface area contributed by atoms with Gasteiger partial charge in [0.25, 0.3) is 5.91 Å². The van der Waals surface area contributed by atoms with E-state index in [-0.39, 0.29) is 18.4 Å². The lowest BCUT2D eigenvalue weighted by molar-refractivity contribution is -0.120. The van der Waals surface area contributed by atoms with Crippen molar-refractivity contribution in [1.82, 2.24) is 15.5 Å². The smallest absolute Gasteiger partial charge is 0.251 e. The number of nitrogens with one attached hydrogen (secondary N) is 2. The number of hydrogen-bond donors (Lipinski definition) is 2. The van der Waals surface area contributed by atoms with Crippen LogP contribution in [-0.4, -0.2) is 36.3 Å². The molecule has 0 fully saturated rings. The van der Waals surface area contributed by atoms with Crippen LogP contribution in [0.2, 0.25) is 0 Å². The lowest BCUT2D eigenvalue weighted by atomic mass is 10.1. The van der Waals surface area contributed by atoms with E-state index in [4.69, 9.17) is 0 Å². The van der Waals surface area contributed by atoms with Gasteiger partial charge in [-0.15, -0.1) is 0 Å². The van der Waals surface area contributed by atoms with Crippen LogP contribution in [0.5, 0.6) is 0 Å². The fourth-order valence-electron chi connectivity index (χ4n) is 3.20. The first kappa shape index (κ1) is 21.6. The van der Waals surface area contributed by atoms with Crippen molar-refractivity contribution in [2.75, 3.05) is 19.6 Å². The second kappa shape index (κ2) is 10.6. The predicted octanol–water partition coefficient (Wildman–Crippen LogP) is 3.19. The van der Waals surface area contributed by atoms with Gasteiger partial charge in [0.2, 0.25) is 5.91 Å². The highest BCUT2D eigenvalue weighted by Gasteiger charge is 2.10. The van der Waals surface area contributed by atoms with Gasteiger partial charge in [0.1, 0.15) is 0 Å². The Morgan fingerprint density at radius 1 is 0.893 bits per heavy atom. The van der Waals surface area contributed by atoms with Crippen LogP contribution in [0.15, 0.2) is 42.5 Å². The molecule has 0 aliphatic heterocycles. The van der Waals surface area contributed by atoms with E-state index in [1.807, 2.05) is 50.2 Å². The fraction of sp³-hybridized carbons (Fsp3) is 0.391. The molecule has 0 atom stereocenters. The Morgan fingerprint density at radius 3 is 2.11 bits per heavy atom. The van der Waals surface area contributed by atoms with E-state index in [0.29, 0.717) is 12.1 Å². The van der Waals surface area contributed by atoms with Gasteiger partial charge in [-0.25, -0.2) is 0 Å². The normalized spacial score (nSPS) is 10.8. The van der Waals surface area contributed by atoms with Crippen molar-refractivity contribution < 1.29 is 9.59 Å². The molecule has 0 heterocycles. The monoisotopic (exact) mass is 381 g/mol. The number of hydrogen-bond acceptors (Lipinski definition) is 3. The van der Waals surface area contributed by atoms with E-state index in [0.717, 1.165) is 36.3 Å². The zero-order valence-electron chi connectivity index (χ0n) is 17.3. The van der Waals surface area contributed by atoms with Crippen molar-refractivity contribution in [1.29, 1.82) is 0 Å². The van der Waals surface area contributed by atoms with E-state index in [1.54, 1.807) is 0 Å². The molecule has 0 aliphatic carbocycles. The molecule has 0 aliphatic rings. The van der Waals surface area contributed by atoms with Crippen LogP contribution < -0.4 is 10.6 Å². The van der Waals surface area contributed by atoms with E-state index >= 15 is 0 Å². The van der Waals surface area contributed by atoms with Gasteiger partial charge in [0.15, 0.2) is 0 Å². The molecule has 0 aromatic heterocycles. The van der Waals surface area contributed by atoms with Crippen LogP contribution in [0.3, 0.4) is 0 Å². The highest BCUT2D eigenvalue weighted by Crippen LogP contribution is 2.12. The van der Waals surface area contributed by atoms with Gasteiger partial charge in [0, 0.05) is 18.7 Å². The predicted molar refractivity (Wildman–Crippen MR) is 113 cm³/mol. The van der Waals surface area contributed by atoms with Crippen molar-refractivity contribution in [2.24, 2.45) is 0 Å². The van der Waals surface area contributed by atoms with Gasteiger partial charge < -0.3 is 10.6 Å². The van der Waals surface area contributed by atoms with E-state index in [2.05, 4.69) is 35.4 Å². The number of carbonyl (C=O) groups is 2. The molecule has 0 unspecified atom stereocenters. The third-order valence-electron chi connectivity index (χ3n) is 4.78. The molecule has 0 saturated heterocycles. The SMILES string of the molecule is CCN(CC)Cc1ccccc1CNC(=O)CNC(=O)c1cc(C)cc(C)c1. The Hall–Kier alpha value is -2.66. The molecule has 0 radical (unpaired) electrons. The highest BCUT2D eigenvalue weighted by atomic mass is 16.2. The molecule has 2 amide bonds. The van der Waals surface area contributed by atoms with Gasteiger partial charge in [-0.05, 0) is 50.2 Å². The van der Waals surface area contributed by atoms with Crippen molar-refractivity contribution >= 4 is 11.8 Å². The van der Waals surface area contributed by atoms with Gasteiger partial charge >= 0.3 is 0 Å². The Bertz CT molecular complexity index is 793. The average molecular weight is 382 g/mol. The molecule has 28 heavy (non-hydrogen) atoms. The molecule has 2 aromatic rings. The summed E-state index contributed by atoms with van der Waals surface area (Å²) >= 11 is 0. The molecule has 0 spiro atoms. The first-order valence-corrected chi connectivity index (χ1v) is 9.85. The number of rotatable bonds is 9. The molecule has 2 N–H and O–H groups in total. The molecule has 2 rings (SSSR count).